The summed E-state index contributed by atoms with van der Waals surface area (Å²) >= 11 is 0. The normalized spacial score (nSPS) is 17.2. The average Bonchev–Trinajstić information content (AvgIpc) is 2.87. The van der Waals surface area contributed by atoms with Gasteiger partial charge in [0, 0.05) is 13.1 Å². The second-order valence-corrected chi connectivity index (χ2v) is 6.09. The SMILES string of the molecule is I.NC(=NCC(O)COc1cccc(C(F)(F)F)c1)N1CCCCCC1. The molecule has 0 aromatic heterocycles. The van der Waals surface area contributed by atoms with E-state index in [1.165, 1.54) is 25.0 Å². The Morgan fingerprint density at radius 3 is 2.50 bits per heavy atom. The summed E-state index contributed by atoms with van der Waals surface area (Å²) in [7, 11) is 0. The number of nitrogens with zero attached hydrogens (tertiary/aromatic N) is 2. The summed E-state index contributed by atoms with van der Waals surface area (Å²) in [4.78, 5) is 6.16. The molecule has 5 nitrogen and oxygen atoms in total. The largest absolute Gasteiger partial charge is 0.491 e. The van der Waals surface area contributed by atoms with Crippen molar-refractivity contribution < 1.29 is 23.0 Å². The molecule has 1 atom stereocenters. The van der Waals surface area contributed by atoms with Crippen molar-refractivity contribution in [2.75, 3.05) is 26.2 Å². The van der Waals surface area contributed by atoms with Crippen molar-refractivity contribution >= 4 is 29.9 Å². The maximum atomic E-state index is 12.6. The molecule has 148 valence electrons. The molecule has 1 saturated heterocycles. The van der Waals surface area contributed by atoms with E-state index < -0.39 is 17.8 Å². The van der Waals surface area contributed by atoms with E-state index in [4.69, 9.17) is 10.5 Å². The average molecular weight is 487 g/mol. The predicted molar refractivity (Wildman–Crippen MR) is 105 cm³/mol. The van der Waals surface area contributed by atoms with Crippen molar-refractivity contribution in [1.82, 2.24) is 4.90 Å². The first-order valence-corrected chi connectivity index (χ1v) is 8.39. The topological polar surface area (TPSA) is 71.1 Å². The van der Waals surface area contributed by atoms with Gasteiger partial charge in [-0.1, -0.05) is 18.9 Å². The number of hydrogen-bond donors (Lipinski definition) is 2. The number of aliphatic hydroxyl groups is 1. The zero-order chi connectivity index (χ0) is 18.3. The Morgan fingerprint density at radius 1 is 1.23 bits per heavy atom. The van der Waals surface area contributed by atoms with Crippen molar-refractivity contribution in [1.29, 1.82) is 0 Å². The van der Waals surface area contributed by atoms with Gasteiger partial charge in [0.05, 0.1) is 12.1 Å². The van der Waals surface area contributed by atoms with Crippen molar-refractivity contribution in [3.05, 3.63) is 29.8 Å². The molecule has 26 heavy (non-hydrogen) atoms. The van der Waals surface area contributed by atoms with Crippen LogP contribution >= 0.6 is 24.0 Å². The number of halogens is 4. The maximum Gasteiger partial charge on any atom is 0.416 e. The summed E-state index contributed by atoms with van der Waals surface area (Å²) < 4.78 is 43.2. The highest BCUT2D eigenvalue weighted by atomic mass is 127. The van der Waals surface area contributed by atoms with Crippen molar-refractivity contribution in [2.24, 2.45) is 10.7 Å². The molecule has 0 radical (unpaired) electrons. The molecule has 0 amide bonds. The second-order valence-electron chi connectivity index (χ2n) is 6.09. The van der Waals surface area contributed by atoms with Gasteiger partial charge in [0.15, 0.2) is 5.96 Å². The quantitative estimate of drug-likeness (QED) is 0.380. The Labute approximate surface area is 168 Å². The molecule has 0 bridgehead atoms. The monoisotopic (exact) mass is 487 g/mol. The number of nitrogens with two attached hydrogens (primary N) is 1. The molecule has 1 aliphatic rings. The van der Waals surface area contributed by atoms with E-state index in [0.717, 1.165) is 38.1 Å². The van der Waals surface area contributed by atoms with Crippen LogP contribution in [0.25, 0.3) is 0 Å². The minimum absolute atomic E-state index is 0. The number of aliphatic imine (C=N–C) groups is 1. The minimum atomic E-state index is -4.43. The lowest BCUT2D eigenvalue weighted by Crippen LogP contribution is -2.38. The van der Waals surface area contributed by atoms with Crippen molar-refractivity contribution in [3.8, 4) is 5.75 Å². The van der Waals surface area contributed by atoms with Crippen LogP contribution in [-0.4, -0.2) is 48.3 Å². The van der Waals surface area contributed by atoms with Crippen LogP contribution in [0.3, 0.4) is 0 Å². The van der Waals surface area contributed by atoms with Gasteiger partial charge >= 0.3 is 6.18 Å². The van der Waals surface area contributed by atoms with E-state index in [9.17, 15) is 18.3 Å². The number of rotatable bonds is 5. The molecule has 0 aliphatic carbocycles. The van der Waals surface area contributed by atoms with Crippen LogP contribution < -0.4 is 10.5 Å². The molecule has 1 fully saturated rings. The molecule has 0 spiro atoms. The third kappa shape index (κ3) is 7.56. The maximum absolute atomic E-state index is 12.6. The van der Waals surface area contributed by atoms with E-state index in [1.807, 2.05) is 4.90 Å². The molecular formula is C17H25F3IN3O2. The van der Waals surface area contributed by atoms with Gasteiger partial charge in [-0.3, -0.25) is 4.99 Å². The number of hydrogen-bond acceptors (Lipinski definition) is 3. The van der Waals surface area contributed by atoms with Crippen LogP contribution in [-0.2, 0) is 6.18 Å². The van der Waals surface area contributed by atoms with Gasteiger partial charge in [0.1, 0.15) is 18.5 Å². The molecule has 1 heterocycles. The number of benzene rings is 1. The smallest absolute Gasteiger partial charge is 0.416 e. The molecule has 1 aliphatic heterocycles. The number of ether oxygens (including phenoxy) is 1. The lowest BCUT2D eigenvalue weighted by atomic mass is 10.2. The summed E-state index contributed by atoms with van der Waals surface area (Å²) in [5, 5.41) is 9.91. The van der Waals surface area contributed by atoms with Gasteiger partial charge in [-0.25, -0.2) is 0 Å². The molecule has 1 aromatic carbocycles. The van der Waals surface area contributed by atoms with E-state index in [-0.39, 0.29) is 42.9 Å². The molecule has 1 aromatic rings. The number of guanidine groups is 1. The zero-order valence-electron chi connectivity index (χ0n) is 14.4. The first-order chi connectivity index (χ1) is 11.9. The molecule has 9 heteroatoms. The van der Waals surface area contributed by atoms with Crippen molar-refractivity contribution in [2.45, 2.75) is 38.0 Å². The minimum Gasteiger partial charge on any atom is -0.491 e. The Kier molecular flexibility index (Phi) is 9.48. The molecule has 0 saturated carbocycles. The highest BCUT2D eigenvalue weighted by Gasteiger charge is 2.30. The third-order valence-corrected chi connectivity index (χ3v) is 4.00. The number of alkyl halides is 3. The lowest BCUT2D eigenvalue weighted by Gasteiger charge is -2.21. The predicted octanol–water partition coefficient (Wildman–Crippen LogP) is 3.25. The standard InChI is InChI=1S/C17H24F3N3O2.HI/c18-17(19,20)13-6-5-7-15(10-13)25-12-14(24)11-22-16(21)23-8-3-1-2-4-9-23;/h5-7,10,14,24H,1-4,8-9,11-12H2,(H2,21,22);1H. The number of likely N-dealkylation sites (tertiary alicyclic amines) is 1. The molecule has 2 rings (SSSR count). The van der Waals surface area contributed by atoms with E-state index in [0.29, 0.717) is 5.96 Å². The summed E-state index contributed by atoms with van der Waals surface area (Å²) in [6, 6.07) is 4.55. The van der Waals surface area contributed by atoms with Crippen LogP contribution in [0.15, 0.2) is 29.3 Å². The Bertz CT molecular complexity index is 577. The number of aliphatic hydroxyl groups excluding tert-OH is 1. The highest BCUT2D eigenvalue weighted by Crippen LogP contribution is 2.31. The summed E-state index contributed by atoms with van der Waals surface area (Å²) in [5.74, 6) is 0.443. The Hall–Kier alpha value is -1.23. The fourth-order valence-electron chi connectivity index (χ4n) is 2.61. The second kappa shape index (κ2) is 10.8. The van der Waals surface area contributed by atoms with Gasteiger partial charge in [-0.15, -0.1) is 24.0 Å². The molecule has 1 unspecified atom stereocenters. The van der Waals surface area contributed by atoms with Crippen LogP contribution in [0.1, 0.15) is 31.2 Å². The first-order valence-electron chi connectivity index (χ1n) is 8.39. The van der Waals surface area contributed by atoms with Gasteiger partial charge in [-0.2, -0.15) is 13.2 Å². The van der Waals surface area contributed by atoms with Crippen molar-refractivity contribution in [3.63, 3.8) is 0 Å². The fourth-order valence-corrected chi connectivity index (χ4v) is 2.61. The fraction of sp³-hybridized carbons (Fsp3) is 0.588. The summed E-state index contributed by atoms with van der Waals surface area (Å²) in [6.45, 7) is 1.59. The van der Waals surface area contributed by atoms with Gasteiger partial charge < -0.3 is 20.5 Å². The van der Waals surface area contributed by atoms with Gasteiger partial charge in [0.25, 0.3) is 0 Å². The Balaban J connectivity index is 0.00000338. The molecular weight excluding hydrogens is 462 g/mol. The summed E-state index contributed by atoms with van der Waals surface area (Å²) in [5.41, 5.74) is 5.15. The first kappa shape index (κ1) is 22.8. The van der Waals surface area contributed by atoms with Crippen LogP contribution in [0, 0.1) is 0 Å². The van der Waals surface area contributed by atoms with Crippen LogP contribution in [0.4, 0.5) is 13.2 Å². The van der Waals surface area contributed by atoms with E-state index in [1.54, 1.807) is 0 Å². The van der Waals surface area contributed by atoms with E-state index in [2.05, 4.69) is 4.99 Å². The van der Waals surface area contributed by atoms with Crippen LogP contribution in [0.2, 0.25) is 0 Å². The molecule has 3 N–H and O–H groups in total. The highest BCUT2D eigenvalue weighted by molar-refractivity contribution is 14.0. The van der Waals surface area contributed by atoms with Gasteiger partial charge in [-0.05, 0) is 31.0 Å². The zero-order valence-corrected chi connectivity index (χ0v) is 16.7. The van der Waals surface area contributed by atoms with Crippen LogP contribution in [0.5, 0.6) is 5.75 Å². The third-order valence-electron chi connectivity index (χ3n) is 4.00. The van der Waals surface area contributed by atoms with E-state index >= 15 is 0 Å². The lowest BCUT2D eigenvalue weighted by molar-refractivity contribution is -0.137. The Morgan fingerprint density at radius 2 is 1.88 bits per heavy atom. The van der Waals surface area contributed by atoms with Gasteiger partial charge in [0.2, 0.25) is 0 Å². The summed E-state index contributed by atoms with van der Waals surface area (Å²) in [6.07, 6.45) is -0.882.